The van der Waals surface area contributed by atoms with Gasteiger partial charge in [-0.25, -0.2) is 0 Å². The Morgan fingerprint density at radius 3 is 2.27 bits per heavy atom. The molecule has 92 valence electrons. The van der Waals surface area contributed by atoms with Crippen LogP contribution in [0.25, 0.3) is 0 Å². The Balaban J connectivity index is 0. The van der Waals surface area contributed by atoms with E-state index < -0.39 is 6.10 Å². The van der Waals surface area contributed by atoms with Gasteiger partial charge in [-0.2, -0.15) is 0 Å². The second-order valence-electron chi connectivity index (χ2n) is 3.24. The number of aliphatic hydroxyl groups is 1. The van der Waals surface area contributed by atoms with Gasteiger partial charge in [0.25, 0.3) is 0 Å². The molecule has 0 amide bonds. The van der Waals surface area contributed by atoms with Gasteiger partial charge in [-0.15, -0.1) is 11.6 Å². The van der Waals surface area contributed by atoms with E-state index in [9.17, 15) is 0 Å². The van der Waals surface area contributed by atoms with E-state index in [1.165, 1.54) is 0 Å². The van der Waals surface area contributed by atoms with Gasteiger partial charge in [-0.05, 0) is 20.0 Å². The third-order valence-corrected chi connectivity index (χ3v) is 1.69. The molecule has 4 heteroatoms. The van der Waals surface area contributed by atoms with Crippen molar-refractivity contribution in [1.82, 2.24) is 5.32 Å². The van der Waals surface area contributed by atoms with Crippen LogP contribution in [0.1, 0.15) is 20.8 Å². The highest BCUT2D eigenvalue weighted by atomic mass is 35.5. The minimum Gasteiger partial charge on any atom is -0.389 e. The lowest BCUT2D eigenvalue weighted by molar-refractivity contribution is 0.0590. The predicted octanol–water partition coefficient (Wildman–Crippen LogP) is 1.79. The molecule has 0 radical (unpaired) electrons. The molecule has 0 aromatic rings. The Morgan fingerprint density at radius 2 is 2.00 bits per heavy atom. The molecule has 3 nitrogen and oxygen atoms in total. The summed E-state index contributed by atoms with van der Waals surface area (Å²) in [7, 11) is 0. The van der Waals surface area contributed by atoms with E-state index in [2.05, 4.69) is 25.7 Å². The Labute approximate surface area is 98.5 Å². The second-order valence-corrected chi connectivity index (χ2v) is 3.55. The van der Waals surface area contributed by atoms with Crippen LogP contribution in [-0.4, -0.2) is 43.4 Å². The van der Waals surface area contributed by atoms with Crippen molar-refractivity contribution in [3.05, 3.63) is 12.2 Å². The van der Waals surface area contributed by atoms with Crippen LogP contribution in [0.5, 0.6) is 0 Å². The summed E-state index contributed by atoms with van der Waals surface area (Å²) in [5, 5.41) is 12.0. The first-order valence-electron chi connectivity index (χ1n) is 5.25. The highest BCUT2D eigenvalue weighted by molar-refractivity contribution is 6.18. The number of alkyl halides is 1. The van der Waals surface area contributed by atoms with Gasteiger partial charge < -0.3 is 15.2 Å². The van der Waals surface area contributed by atoms with E-state index in [1.54, 1.807) is 0 Å². The van der Waals surface area contributed by atoms with Crippen LogP contribution in [-0.2, 0) is 4.74 Å². The van der Waals surface area contributed by atoms with Gasteiger partial charge in [-0.1, -0.05) is 26.0 Å². The van der Waals surface area contributed by atoms with Crippen molar-refractivity contribution in [2.45, 2.75) is 26.9 Å². The lowest BCUT2D eigenvalue weighted by Gasteiger charge is -2.06. The molecule has 0 aromatic heterocycles. The first kappa shape index (κ1) is 17.3. The first-order chi connectivity index (χ1) is 7.08. The molecule has 0 aliphatic heterocycles. The van der Waals surface area contributed by atoms with Crippen molar-refractivity contribution in [2.75, 3.05) is 32.2 Å². The average molecular weight is 238 g/mol. The van der Waals surface area contributed by atoms with Crippen LogP contribution in [0.2, 0.25) is 0 Å². The van der Waals surface area contributed by atoms with Crippen LogP contribution in [0.3, 0.4) is 0 Å². The summed E-state index contributed by atoms with van der Waals surface area (Å²) in [6, 6.07) is 0. The fourth-order valence-corrected chi connectivity index (χ4v) is 0.753. The molecule has 0 spiro atoms. The summed E-state index contributed by atoms with van der Waals surface area (Å²) in [5.41, 5.74) is 0.946. The van der Waals surface area contributed by atoms with E-state index in [0.29, 0.717) is 6.61 Å². The van der Waals surface area contributed by atoms with Crippen LogP contribution in [0.15, 0.2) is 12.2 Å². The topological polar surface area (TPSA) is 41.5 Å². The largest absolute Gasteiger partial charge is 0.389 e. The van der Waals surface area contributed by atoms with Gasteiger partial charge >= 0.3 is 0 Å². The highest BCUT2D eigenvalue weighted by Crippen LogP contribution is 1.92. The van der Waals surface area contributed by atoms with Crippen molar-refractivity contribution in [1.29, 1.82) is 0 Å². The predicted molar refractivity (Wildman–Crippen MR) is 66.6 cm³/mol. The molecule has 0 aliphatic rings. The maximum absolute atomic E-state index is 8.88. The number of halogens is 1. The third kappa shape index (κ3) is 20.1. The monoisotopic (exact) mass is 237 g/mol. The number of hydrogen-bond acceptors (Lipinski definition) is 3. The summed E-state index contributed by atoms with van der Waals surface area (Å²) in [5.74, 6) is 0.218. The number of aliphatic hydroxyl groups excluding tert-OH is 1. The van der Waals surface area contributed by atoms with E-state index in [1.807, 2.05) is 6.92 Å². The number of ether oxygens (including phenoxy) is 1. The molecule has 0 aliphatic carbocycles. The Bertz CT molecular complexity index is 141. The second kappa shape index (κ2) is 13.9. The van der Waals surface area contributed by atoms with Gasteiger partial charge in [0.2, 0.25) is 0 Å². The summed E-state index contributed by atoms with van der Waals surface area (Å²) in [6.45, 7) is 12.7. The standard InChI is InChI=1S/C7H13ClO2.C4H11N/c1-6(2)4-10-5-7(9)3-8;1-3-5-4-2/h7,9H,1,3-5H2,2H3;5H,3-4H2,1-2H3. The molecule has 15 heavy (non-hydrogen) atoms. The zero-order chi connectivity index (χ0) is 12.1. The molecule has 0 saturated heterocycles. The van der Waals surface area contributed by atoms with Gasteiger partial charge in [0.15, 0.2) is 0 Å². The van der Waals surface area contributed by atoms with Crippen LogP contribution >= 0.6 is 11.6 Å². The molecule has 1 atom stereocenters. The lowest BCUT2D eigenvalue weighted by Crippen LogP contribution is -2.17. The molecule has 0 heterocycles. The summed E-state index contributed by atoms with van der Waals surface area (Å²) < 4.78 is 5.01. The Hall–Kier alpha value is -0.0900. The SMILES string of the molecule is C=C(C)COCC(O)CCl.CCNCC. The van der Waals surface area contributed by atoms with Crippen molar-refractivity contribution in [3.8, 4) is 0 Å². The molecular weight excluding hydrogens is 214 g/mol. The summed E-state index contributed by atoms with van der Waals surface area (Å²) in [4.78, 5) is 0. The maximum atomic E-state index is 8.88. The molecular formula is C11H24ClNO2. The Kier molecular flexibility index (Phi) is 16.1. The molecule has 0 aromatic carbocycles. The lowest BCUT2D eigenvalue weighted by atomic mass is 10.4. The molecule has 0 fully saturated rings. The first-order valence-corrected chi connectivity index (χ1v) is 5.78. The zero-order valence-electron chi connectivity index (χ0n) is 10.1. The van der Waals surface area contributed by atoms with Crippen LogP contribution < -0.4 is 5.32 Å². The highest BCUT2D eigenvalue weighted by Gasteiger charge is 2.00. The molecule has 0 bridgehead atoms. The van der Waals surface area contributed by atoms with Gasteiger partial charge in [-0.3, -0.25) is 0 Å². The molecule has 0 saturated carbocycles. The smallest absolute Gasteiger partial charge is 0.0908 e. The van der Waals surface area contributed by atoms with E-state index in [-0.39, 0.29) is 12.5 Å². The van der Waals surface area contributed by atoms with Crippen molar-refractivity contribution in [2.24, 2.45) is 0 Å². The van der Waals surface area contributed by atoms with Crippen molar-refractivity contribution in [3.63, 3.8) is 0 Å². The van der Waals surface area contributed by atoms with Crippen LogP contribution in [0, 0.1) is 0 Å². The average Bonchev–Trinajstić information content (AvgIpc) is 2.19. The minimum atomic E-state index is -0.555. The summed E-state index contributed by atoms with van der Waals surface area (Å²) >= 11 is 5.31. The molecule has 2 N–H and O–H groups in total. The number of rotatable bonds is 7. The van der Waals surface area contributed by atoms with Crippen molar-refractivity contribution < 1.29 is 9.84 Å². The fourth-order valence-electron chi connectivity index (χ4n) is 0.664. The van der Waals surface area contributed by atoms with E-state index in [4.69, 9.17) is 21.4 Å². The maximum Gasteiger partial charge on any atom is 0.0908 e. The summed E-state index contributed by atoms with van der Waals surface area (Å²) in [6.07, 6.45) is -0.555. The van der Waals surface area contributed by atoms with Crippen molar-refractivity contribution >= 4 is 11.6 Å². The normalized spacial score (nSPS) is 11.5. The van der Waals surface area contributed by atoms with Gasteiger partial charge in [0.1, 0.15) is 0 Å². The van der Waals surface area contributed by atoms with Crippen LogP contribution in [0.4, 0.5) is 0 Å². The number of hydrogen-bond donors (Lipinski definition) is 2. The quantitative estimate of drug-likeness (QED) is 0.524. The number of nitrogens with one attached hydrogen (secondary N) is 1. The zero-order valence-corrected chi connectivity index (χ0v) is 10.8. The van der Waals surface area contributed by atoms with Gasteiger partial charge in [0.05, 0.1) is 25.2 Å². The molecule has 1 unspecified atom stereocenters. The Morgan fingerprint density at radius 1 is 1.47 bits per heavy atom. The third-order valence-electron chi connectivity index (χ3n) is 1.34. The van der Waals surface area contributed by atoms with Gasteiger partial charge in [0, 0.05) is 0 Å². The minimum absolute atomic E-state index is 0.218. The van der Waals surface area contributed by atoms with E-state index >= 15 is 0 Å². The van der Waals surface area contributed by atoms with E-state index in [0.717, 1.165) is 18.7 Å². The fraction of sp³-hybridized carbons (Fsp3) is 0.818. The molecule has 0 rings (SSSR count).